The van der Waals surface area contributed by atoms with Gasteiger partial charge in [-0.15, -0.1) is 12.4 Å². The fourth-order valence-electron chi connectivity index (χ4n) is 3.17. The maximum absolute atomic E-state index is 12.4. The Morgan fingerprint density at radius 3 is 2.56 bits per heavy atom. The summed E-state index contributed by atoms with van der Waals surface area (Å²) in [5.74, 6) is -0.231. The molecule has 1 aliphatic carbocycles. The first kappa shape index (κ1) is 21.9. The lowest BCUT2D eigenvalue weighted by Gasteiger charge is -2.29. The molecule has 0 aliphatic heterocycles. The molecule has 0 radical (unpaired) electrons. The average Bonchev–Trinajstić information content (AvgIpc) is 3.01. The molecule has 8 nitrogen and oxygen atoms in total. The minimum atomic E-state index is -0.799. The van der Waals surface area contributed by atoms with E-state index in [1.807, 2.05) is 6.92 Å². The molecular weight excluding hydrogens is 350 g/mol. The molecule has 9 heteroatoms. The molecule has 1 fully saturated rings. The van der Waals surface area contributed by atoms with Crippen LogP contribution in [0, 0.1) is 12.3 Å². The lowest BCUT2D eigenvalue weighted by atomic mass is 9.86. The second kappa shape index (κ2) is 9.49. The summed E-state index contributed by atoms with van der Waals surface area (Å²) in [5, 5.41) is 26.9. The van der Waals surface area contributed by atoms with Crippen molar-refractivity contribution < 1.29 is 24.5 Å². The molecule has 3 atom stereocenters. The van der Waals surface area contributed by atoms with Gasteiger partial charge in [-0.2, -0.15) is 5.10 Å². The van der Waals surface area contributed by atoms with Crippen LogP contribution in [-0.2, 0) is 16.5 Å². The van der Waals surface area contributed by atoms with E-state index in [0.29, 0.717) is 44.9 Å². The zero-order valence-electron chi connectivity index (χ0n) is 14.9. The van der Waals surface area contributed by atoms with Crippen LogP contribution in [0.4, 0.5) is 0 Å². The van der Waals surface area contributed by atoms with Crippen LogP contribution in [0.3, 0.4) is 0 Å². The van der Waals surface area contributed by atoms with E-state index in [0.717, 1.165) is 5.69 Å². The molecule has 0 bridgehead atoms. The van der Waals surface area contributed by atoms with Crippen LogP contribution in [0.15, 0.2) is 6.07 Å². The average molecular weight is 378 g/mol. The van der Waals surface area contributed by atoms with Gasteiger partial charge in [0.15, 0.2) is 0 Å². The van der Waals surface area contributed by atoms with E-state index in [-0.39, 0.29) is 18.3 Å². The van der Waals surface area contributed by atoms with Gasteiger partial charge < -0.3 is 25.0 Å². The van der Waals surface area contributed by atoms with E-state index in [1.54, 1.807) is 20.2 Å². The molecule has 3 N–H and O–H groups in total. The normalized spacial score (nSPS) is 25.6. The van der Waals surface area contributed by atoms with Crippen molar-refractivity contribution in [3.8, 4) is 0 Å². The summed E-state index contributed by atoms with van der Waals surface area (Å²) in [6, 6.07) is 1.72. The smallest absolute Gasteiger partial charge is 0.269 e. The van der Waals surface area contributed by atoms with E-state index in [4.69, 9.17) is 9.47 Å². The first-order chi connectivity index (χ1) is 11.4. The number of aliphatic hydroxyl groups is 2. The lowest BCUT2D eigenvalue weighted by molar-refractivity contribution is 0.0113. The maximum Gasteiger partial charge on any atom is 0.269 e. The van der Waals surface area contributed by atoms with E-state index in [1.165, 1.54) is 4.68 Å². The second-order valence-electron chi connectivity index (χ2n) is 6.57. The van der Waals surface area contributed by atoms with Gasteiger partial charge in [0, 0.05) is 26.1 Å². The largest absolute Gasteiger partial charge is 0.390 e. The first-order valence-electron chi connectivity index (χ1n) is 8.08. The molecule has 1 amide bonds. The first-order valence-corrected chi connectivity index (χ1v) is 8.08. The van der Waals surface area contributed by atoms with Gasteiger partial charge in [0.1, 0.15) is 5.69 Å². The number of carbonyl (C=O) groups is 1. The highest BCUT2D eigenvalue weighted by molar-refractivity contribution is 5.92. The van der Waals surface area contributed by atoms with Crippen molar-refractivity contribution in [3.05, 3.63) is 17.5 Å². The van der Waals surface area contributed by atoms with Crippen LogP contribution in [0.5, 0.6) is 0 Å². The molecule has 0 aromatic carbocycles. The Morgan fingerprint density at radius 1 is 1.40 bits per heavy atom. The monoisotopic (exact) mass is 377 g/mol. The van der Waals surface area contributed by atoms with Gasteiger partial charge in [-0.1, -0.05) is 0 Å². The zero-order chi connectivity index (χ0) is 17.7. The highest BCUT2D eigenvalue weighted by atomic mass is 35.5. The fourth-order valence-corrected chi connectivity index (χ4v) is 3.17. The Bertz CT molecular complexity index is 556. The number of amides is 1. The third-order valence-corrected chi connectivity index (χ3v) is 4.43. The molecule has 0 saturated heterocycles. The van der Waals surface area contributed by atoms with Gasteiger partial charge in [0.2, 0.25) is 0 Å². The highest BCUT2D eigenvalue weighted by Gasteiger charge is 2.44. The molecule has 25 heavy (non-hydrogen) atoms. The summed E-state index contributed by atoms with van der Waals surface area (Å²) in [5.41, 5.74) is 0.754. The number of rotatable bonds is 8. The SMILES string of the molecule is COCCOCC1(CNC(=O)c2cc(C)nn2C)C[C@@H](O)[C@@H](O)C1.Cl. The number of hydrogen-bond acceptors (Lipinski definition) is 6. The predicted octanol–water partition coefficient (Wildman–Crippen LogP) is 0.0451. The standard InChI is InChI=1S/C16H27N3O5.ClH/c1-11-6-12(19(2)18-11)15(22)17-9-16(10-24-5-4-23-3)7-13(20)14(21)8-16;/h6,13-14,20-21H,4-5,7-10H2,1-3H3,(H,17,22);1H/t13-,14+,16?;. The Balaban J connectivity index is 0.00000312. The van der Waals surface area contributed by atoms with E-state index in [2.05, 4.69) is 10.4 Å². The van der Waals surface area contributed by atoms with Crippen molar-refractivity contribution in [2.75, 3.05) is 33.5 Å². The topological polar surface area (TPSA) is 106 Å². The van der Waals surface area contributed by atoms with Crippen LogP contribution < -0.4 is 5.32 Å². The Hall–Kier alpha value is -1.19. The Labute approximate surface area is 153 Å². The third kappa shape index (κ3) is 5.65. The van der Waals surface area contributed by atoms with Crippen LogP contribution in [0.1, 0.15) is 29.0 Å². The third-order valence-electron chi connectivity index (χ3n) is 4.43. The molecule has 1 unspecified atom stereocenters. The van der Waals surface area contributed by atoms with Gasteiger partial charge in [-0.25, -0.2) is 0 Å². The summed E-state index contributed by atoms with van der Waals surface area (Å²) < 4.78 is 12.1. The number of aryl methyl sites for hydroxylation is 2. The van der Waals surface area contributed by atoms with E-state index < -0.39 is 17.6 Å². The number of halogens is 1. The lowest BCUT2D eigenvalue weighted by Crippen LogP contribution is -2.40. The molecule has 0 spiro atoms. The Morgan fingerprint density at radius 2 is 2.04 bits per heavy atom. The van der Waals surface area contributed by atoms with E-state index >= 15 is 0 Å². The predicted molar refractivity (Wildman–Crippen MR) is 93.9 cm³/mol. The number of methoxy groups -OCH3 is 1. The van der Waals surface area contributed by atoms with Gasteiger partial charge in [0.05, 0.1) is 37.7 Å². The van der Waals surface area contributed by atoms with Gasteiger partial charge in [0.25, 0.3) is 5.91 Å². The van der Waals surface area contributed by atoms with Crippen molar-refractivity contribution in [1.29, 1.82) is 0 Å². The second-order valence-corrected chi connectivity index (χ2v) is 6.57. The van der Waals surface area contributed by atoms with E-state index in [9.17, 15) is 15.0 Å². The molecule has 1 saturated carbocycles. The molecule has 1 heterocycles. The zero-order valence-corrected chi connectivity index (χ0v) is 15.7. The van der Waals surface area contributed by atoms with Crippen molar-refractivity contribution in [3.63, 3.8) is 0 Å². The van der Waals surface area contributed by atoms with Crippen LogP contribution in [-0.4, -0.2) is 71.6 Å². The highest BCUT2D eigenvalue weighted by Crippen LogP contribution is 2.38. The quantitative estimate of drug-likeness (QED) is 0.552. The number of ether oxygens (including phenoxy) is 2. The molecule has 1 aromatic heterocycles. The summed E-state index contributed by atoms with van der Waals surface area (Å²) in [6.07, 6.45) is -0.837. The number of nitrogens with zero attached hydrogens (tertiary/aromatic N) is 2. The number of aliphatic hydroxyl groups excluding tert-OH is 2. The van der Waals surface area contributed by atoms with Gasteiger partial charge in [-0.05, 0) is 25.8 Å². The van der Waals surface area contributed by atoms with Gasteiger partial charge in [-0.3, -0.25) is 9.48 Å². The molecule has 144 valence electrons. The summed E-state index contributed by atoms with van der Waals surface area (Å²) >= 11 is 0. The molecule has 1 aliphatic rings. The minimum absolute atomic E-state index is 0. The number of carbonyl (C=O) groups excluding carboxylic acids is 1. The van der Waals surface area contributed by atoms with Crippen LogP contribution in [0.2, 0.25) is 0 Å². The van der Waals surface area contributed by atoms with Crippen molar-refractivity contribution >= 4 is 18.3 Å². The van der Waals surface area contributed by atoms with Crippen molar-refractivity contribution in [1.82, 2.24) is 15.1 Å². The maximum atomic E-state index is 12.4. The number of hydrogen-bond donors (Lipinski definition) is 3. The molecule has 1 aromatic rings. The van der Waals surface area contributed by atoms with Crippen molar-refractivity contribution in [2.24, 2.45) is 12.5 Å². The fraction of sp³-hybridized carbons (Fsp3) is 0.750. The number of aromatic nitrogens is 2. The van der Waals surface area contributed by atoms with Crippen molar-refractivity contribution in [2.45, 2.75) is 32.0 Å². The van der Waals surface area contributed by atoms with Crippen LogP contribution in [0.25, 0.3) is 0 Å². The number of nitrogens with one attached hydrogen (secondary N) is 1. The van der Waals surface area contributed by atoms with Gasteiger partial charge >= 0.3 is 0 Å². The summed E-state index contributed by atoms with van der Waals surface area (Å²) in [7, 11) is 3.31. The molecule has 2 rings (SSSR count). The minimum Gasteiger partial charge on any atom is -0.390 e. The Kier molecular flexibility index (Phi) is 8.30. The summed E-state index contributed by atoms with van der Waals surface area (Å²) in [4.78, 5) is 12.4. The summed E-state index contributed by atoms with van der Waals surface area (Å²) in [6.45, 7) is 3.39. The van der Waals surface area contributed by atoms with Crippen LogP contribution >= 0.6 is 12.4 Å². The molecular formula is C16H28ClN3O5.